The van der Waals surface area contributed by atoms with Crippen LogP contribution >= 0.6 is 0 Å². The Labute approximate surface area is 143 Å². The SMILES string of the molecule is NC[C@H]1CCC[C@H]1C(=O)Nc1cccc(N2CCS(=O)(=O)CC2)c1. The van der Waals surface area contributed by atoms with Gasteiger partial charge in [0, 0.05) is 30.4 Å². The number of sulfone groups is 1. The highest BCUT2D eigenvalue weighted by Crippen LogP contribution is 2.32. The van der Waals surface area contributed by atoms with Crippen molar-refractivity contribution < 1.29 is 13.2 Å². The topological polar surface area (TPSA) is 92.5 Å². The Kier molecular flexibility index (Phi) is 5.10. The summed E-state index contributed by atoms with van der Waals surface area (Å²) in [6, 6.07) is 7.63. The van der Waals surface area contributed by atoms with Gasteiger partial charge < -0.3 is 16.0 Å². The number of anilines is 2. The van der Waals surface area contributed by atoms with Crippen LogP contribution < -0.4 is 16.0 Å². The fourth-order valence-electron chi connectivity index (χ4n) is 3.65. The van der Waals surface area contributed by atoms with E-state index in [0.29, 0.717) is 19.6 Å². The molecular weight excluding hydrogens is 326 g/mol. The van der Waals surface area contributed by atoms with Crippen molar-refractivity contribution in [2.24, 2.45) is 17.6 Å². The molecule has 1 aliphatic heterocycles. The number of amides is 1. The van der Waals surface area contributed by atoms with Crippen LogP contribution in [0.1, 0.15) is 19.3 Å². The van der Waals surface area contributed by atoms with Crippen molar-refractivity contribution in [3.05, 3.63) is 24.3 Å². The number of hydrogen-bond acceptors (Lipinski definition) is 5. The van der Waals surface area contributed by atoms with Crippen LogP contribution in [-0.4, -0.2) is 45.5 Å². The Bertz CT molecular complexity index is 691. The molecule has 6 nitrogen and oxygen atoms in total. The molecule has 7 heteroatoms. The summed E-state index contributed by atoms with van der Waals surface area (Å²) in [5.74, 6) is 0.689. The van der Waals surface area contributed by atoms with Crippen molar-refractivity contribution in [1.82, 2.24) is 0 Å². The minimum atomic E-state index is -2.90. The molecule has 1 aromatic carbocycles. The summed E-state index contributed by atoms with van der Waals surface area (Å²) in [5, 5.41) is 3.00. The van der Waals surface area contributed by atoms with Crippen LogP contribution in [0, 0.1) is 11.8 Å². The standard InChI is InChI=1S/C17H25N3O3S/c18-12-13-3-1-6-16(13)17(21)19-14-4-2-5-15(11-14)20-7-9-24(22,23)10-8-20/h2,4-5,11,13,16H,1,3,6-10,12,18H2,(H,19,21)/t13-,16-/m1/s1. The van der Waals surface area contributed by atoms with E-state index in [1.807, 2.05) is 24.3 Å². The van der Waals surface area contributed by atoms with Crippen molar-refractivity contribution in [3.63, 3.8) is 0 Å². The average Bonchev–Trinajstić information content (AvgIpc) is 3.04. The third-order valence-electron chi connectivity index (χ3n) is 5.12. The second-order valence-corrected chi connectivity index (χ2v) is 9.02. The molecular formula is C17H25N3O3S. The molecule has 0 unspecified atom stereocenters. The summed E-state index contributed by atoms with van der Waals surface area (Å²) in [7, 11) is -2.90. The van der Waals surface area contributed by atoms with Crippen molar-refractivity contribution in [2.45, 2.75) is 19.3 Å². The molecule has 2 fully saturated rings. The largest absolute Gasteiger partial charge is 0.369 e. The van der Waals surface area contributed by atoms with Crippen LogP contribution in [-0.2, 0) is 14.6 Å². The molecule has 2 atom stereocenters. The van der Waals surface area contributed by atoms with Crippen LogP contribution in [0.5, 0.6) is 0 Å². The fourth-order valence-corrected chi connectivity index (χ4v) is 4.85. The van der Waals surface area contributed by atoms with E-state index >= 15 is 0 Å². The zero-order valence-corrected chi connectivity index (χ0v) is 14.6. The summed E-state index contributed by atoms with van der Waals surface area (Å²) >= 11 is 0. The summed E-state index contributed by atoms with van der Waals surface area (Å²) in [5.41, 5.74) is 7.47. The summed E-state index contributed by atoms with van der Waals surface area (Å²) in [6.45, 7) is 1.55. The molecule has 0 bridgehead atoms. The molecule has 0 radical (unpaired) electrons. The first-order valence-corrected chi connectivity index (χ1v) is 10.4. The van der Waals surface area contributed by atoms with E-state index in [-0.39, 0.29) is 29.2 Å². The van der Waals surface area contributed by atoms with Gasteiger partial charge >= 0.3 is 0 Å². The van der Waals surface area contributed by atoms with E-state index in [1.54, 1.807) is 0 Å². The van der Waals surface area contributed by atoms with Gasteiger partial charge in [-0.25, -0.2) is 8.42 Å². The number of rotatable bonds is 4. The normalized spacial score (nSPS) is 26.3. The number of nitrogens with two attached hydrogens (primary N) is 1. The number of hydrogen-bond donors (Lipinski definition) is 2. The van der Waals surface area contributed by atoms with Gasteiger partial charge in [-0.05, 0) is 43.5 Å². The Morgan fingerprint density at radius 3 is 2.71 bits per heavy atom. The van der Waals surface area contributed by atoms with Crippen molar-refractivity contribution in [3.8, 4) is 0 Å². The van der Waals surface area contributed by atoms with Crippen LogP contribution in [0.3, 0.4) is 0 Å². The molecule has 1 saturated carbocycles. The Morgan fingerprint density at radius 2 is 2.00 bits per heavy atom. The van der Waals surface area contributed by atoms with Gasteiger partial charge in [-0.2, -0.15) is 0 Å². The van der Waals surface area contributed by atoms with Gasteiger partial charge in [-0.15, -0.1) is 0 Å². The van der Waals surface area contributed by atoms with E-state index in [1.165, 1.54) is 0 Å². The molecule has 2 aliphatic rings. The molecule has 1 amide bonds. The zero-order chi connectivity index (χ0) is 17.2. The minimum absolute atomic E-state index is 0.00112. The maximum absolute atomic E-state index is 12.5. The van der Waals surface area contributed by atoms with Gasteiger partial charge in [-0.3, -0.25) is 4.79 Å². The summed E-state index contributed by atoms with van der Waals surface area (Å²) < 4.78 is 23.1. The highest BCUT2D eigenvalue weighted by molar-refractivity contribution is 7.91. The molecule has 1 aliphatic carbocycles. The second kappa shape index (κ2) is 7.11. The number of carbonyl (C=O) groups excluding carboxylic acids is 1. The van der Waals surface area contributed by atoms with Gasteiger partial charge in [0.1, 0.15) is 0 Å². The first kappa shape index (κ1) is 17.2. The van der Waals surface area contributed by atoms with Gasteiger partial charge in [0.2, 0.25) is 5.91 Å². The van der Waals surface area contributed by atoms with Gasteiger partial charge in [0.05, 0.1) is 11.5 Å². The third-order valence-corrected chi connectivity index (χ3v) is 6.73. The molecule has 24 heavy (non-hydrogen) atoms. The molecule has 0 spiro atoms. The van der Waals surface area contributed by atoms with Crippen molar-refractivity contribution >= 4 is 27.1 Å². The lowest BCUT2D eigenvalue weighted by molar-refractivity contribution is -0.120. The average molecular weight is 351 g/mol. The Balaban J connectivity index is 1.66. The summed E-state index contributed by atoms with van der Waals surface area (Å²) in [6.07, 6.45) is 2.98. The maximum Gasteiger partial charge on any atom is 0.227 e. The van der Waals surface area contributed by atoms with E-state index in [0.717, 1.165) is 30.6 Å². The number of benzene rings is 1. The number of nitrogens with one attached hydrogen (secondary N) is 1. The molecule has 0 aromatic heterocycles. The quantitative estimate of drug-likeness (QED) is 0.851. The van der Waals surface area contributed by atoms with Crippen molar-refractivity contribution in [2.75, 3.05) is 41.4 Å². The van der Waals surface area contributed by atoms with E-state index < -0.39 is 9.84 Å². The monoisotopic (exact) mass is 351 g/mol. The lowest BCUT2D eigenvalue weighted by atomic mass is 9.95. The van der Waals surface area contributed by atoms with Crippen LogP contribution in [0.4, 0.5) is 11.4 Å². The molecule has 132 valence electrons. The smallest absolute Gasteiger partial charge is 0.227 e. The lowest BCUT2D eigenvalue weighted by Crippen LogP contribution is -2.40. The Morgan fingerprint density at radius 1 is 1.25 bits per heavy atom. The zero-order valence-electron chi connectivity index (χ0n) is 13.8. The number of nitrogens with zero attached hydrogens (tertiary/aromatic N) is 1. The predicted molar refractivity (Wildman–Crippen MR) is 95.8 cm³/mol. The first-order valence-electron chi connectivity index (χ1n) is 8.55. The van der Waals surface area contributed by atoms with Crippen LogP contribution in [0.2, 0.25) is 0 Å². The van der Waals surface area contributed by atoms with E-state index in [2.05, 4.69) is 10.2 Å². The molecule has 3 N–H and O–H groups in total. The van der Waals surface area contributed by atoms with Crippen LogP contribution in [0.15, 0.2) is 24.3 Å². The third kappa shape index (κ3) is 3.89. The molecule has 1 aromatic rings. The minimum Gasteiger partial charge on any atom is -0.369 e. The van der Waals surface area contributed by atoms with Gasteiger partial charge in [-0.1, -0.05) is 12.5 Å². The lowest BCUT2D eigenvalue weighted by Gasteiger charge is -2.29. The van der Waals surface area contributed by atoms with E-state index in [9.17, 15) is 13.2 Å². The predicted octanol–water partition coefficient (Wildman–Crippen LogP) is 1.23. The second-order valence-electron chi connectivity index (χ2n) is 6.71. The Hall–Kier alpha value is -1.60. The van der Waals surface area contributed by atoms with E-state index in [4.69, 9.17) is 5.73 Å². The fraction of sp³-hybridized carbons (Fsp3) is 0.588. The number of carbonyl (C=O) groups is 1. The summed E-state index contributed by atoms with van der Waals surface area (Å²) in [4.78, 5) is 14.5. The first-order chi connectivity index (χ1) is 11.5. The van der Waals surface area contributed by atoms with Gasteiger partial charge in [0.25, 0.3) is 0 Å². The van der Waals surface area contributed by atoms with Gasteiger partial charge in [0.15, 0.2) is 9.84 Å². The molecule has 1 heterocycles. The molecule has 1 saturated heterocycles. The molecule has 3 rings (SSSR count). The van der Waals surface area contributed by atoms with Crippen molar-refractivity contribution in [1.29, 1.82) is 0 Å². The maximum atomic E-state index is 12.5. The highest BCUT2D eigenvalue weighted by atomic mass is 32.2. The highest BCUT2D eigenvalue weighted by Gasteiger charge is 2.32. The van der Waals surface area contributed by atoms with Crippen LogP contribution in [0.25, 0.3) is 0 Å².